The van der Waals surface area contributed by atoms with Crippen molar-refractivity contribution in [2.75, 3.05) is 13.4 Å². The Balaban J connectivity index is 1.30. The molecule has 0 unspecified atom stereocenters. The van der Waals surface area contributed by atoms with Gasteiger partial charge in [0.25, 0.3) is 0 Å². The SMILES string of the molecule is CC(C)[C@]12O[C@H]1[C@@H]1O[C@]13[C@]1(O[C@H]1C[C@H]1C4=C(CC[C@@]13C)C(=O)OC4)[C@@H]2OCOP(=O)(O)O. The van der Waals surface area contributed by atoms with Gasteiger partial charge in [0, 0.05) is 11.0 Å². The number of hydrogen-bond donors (Lipinski definition) is 2. The van der Waals surface area contributed by atoms with Crippen molar-refractivity contribution in [3.05, 3.63) is 11.1 Å². The van der Waals surface area contributed by atoms with Crippen LogP contribution in [0.1, 0.15) is 40.0 Å². The van der Waals surface area contributed by atoms with Crippen LogP contribution in [0.25, 0.3) is 0 Å². The van der Waals surface area contributed by atoms with Gasteiger partial charge >= 0.3 is 13.8 Å². The molecule has 0 amide bonds. The molecule has 0 bridgehead atoms. The number of phosphoric acid groups is 1. The maximum absolute atomic E-state index is 12.2. The highest BCUT2D eigenvalue weighted by atomic mass is 31.2. The van der Waals surface area contributed by atoms with Gasteiger partial charge in [-0.1, -0.05) is 20.8 Å². The lowest BCUT2D eigenvalue weighted by Crippen LogP contribution is -2.69. The third kappa shape index (κ3) is 2.05. The summed E-state index contributed by atoms with van der Waals surface area (Å²) in [4.78, 5) is 30.5. The fourth-order valence-corrected chi connectivity index (χ4v) is 8.28. The number of fused-ring (bicyclic) bond motifs is 4. The summed E-state index contributed by atoms with van der Waals surface area (Å²) in [6.07, 6.45) is 1.09. The topological polar surface area (TPSA) is 140 Å². The van der Waals surface area contributed by atoms with Gasteiger partial charge in [0.05, 0.1) is 6.10 Å². The zero-order valence-electron chi connectivity index (χ0n) is 18.1. The van der Waals surface area contributed by atoms with Crippen molar-refractivity contribution in [2.45, 2.75) is 81.3 Å². The fraction of sp³-hybridized carbons (Fsp3) is 0.857. The Bertz CT molecular complexity index is 1020. The van der Waals surface area contributed by atoms with Crippen molar-refractivity contribution in [1.29, 1.82) is 0 Å². The zero-order chi connectivity index (χ0) is 22.5. The molecule has 3 saturated heterocycles. The van der Waals surface area contributed by atoms with Crippen LogP contribution in [-0.2, 0) is 37.6 Å². The van der Waals surface area contributed by atoms with Gasteiger partial charge in [0.2, 0.25) is 0 Å². The molecule has 0 aromatic rings. The van der Waals surface area contributed by atoms with Crippen LogP contribution >= 0.6 is 7.82 Å². The highest BCUT2D eigenvalue weighted by Gasteiger charge is 3.00. The van der Waals surface area contributed by atoms with E-state index in [0.29, 0.717) is 13.0 Å². The van der Waals surface area contributed by atoms with Crippen LogP contribution in [0.15, 0.2) is 11.1 Å². The Morgan fingerprint density at radius 1 is 1.22 bits per heavy atom. The first-order chi connectivity index (χ1) is 15.0. The molecule has 2 spiro atoms. The molecule has 2 saturated carbocycles. The first-order valence-electron chi connectivity index (χ1n) is 11.3. The second kappa shape index (κ2) is 5.69. The van der Waals surface area contributed by atoms with E-state index < -0.39 is 37.5 Å². The molecule has 4 aliphatic heterocycles. The van der Waals surface area contributed by atoms with Gasteiger partial charge in [0.15, 0.2) is 12.4 Å². The molecule has 3 aliphatic carbocycles. The van der Waals surface area contributed by atoms with Crippen LogP contribution in [0.5, 0.6) is 0 Å². The number of carbonyl (C=O) groups is 1. The van der Waals surface area contributed by atoms with Crippen LogP contribution in [0.3, 0.4) is 0 Å². The van der Waals surface area contributed by atoms with Crippen LogP contribution in [0, 0.1) is 17.3 Å². The van der Waals surface area contributed by atoms with Crippen molar-refractivity contribution >= 4 is 13.8 Å². The predicted octanol–water partition coefficient (Wildman–Crippen LogP) is 1.19. The van der Waals surface area contributed by atoms with E-state index in [9.17, 15) is 9.36 Å². The Morgan fingerprint density at radius 2 is 2.00 bits per heavy atom. The first kappa shape index (κ1) is 20.5. The number of epoxide rings is 3. The van der Waals surface area contributed by atoms with E-state index in [1.54, 1.807) is 0 Å². The van der Waals surface area contributed by atoms with E-state index in [0.717, 1.165) is 24.0 Å². The molecular weight excluding hydrogens is 443 g/mol. The Hall–Kier alpha value is -0.840. The smallest absolute Gasteiger partial charge is 0.458 e. The fourth-order valence-electron chi connectivity index (χ4n) is 8.08. The third-order valence-corrected chi connectivity index (χ3v) is 9.96. The molecule has 7 aliphatic rings. The normalized spacial score (nSPS) is 54.1. The molecule has 11 heteroatoms. The lowest BCUT2D eigenvalue weighted by atomic mass is 9.46. The van der Waals surface area contributed by atoms with E-state index in [-0.39, 0.29) is 41.5 Å². The summed E-state index contributed by atoms with van der Waals surface area (Å²) >= 11 is 0. The van der Waals surface area contributed by atoms with Crippen molar-refractivity contribution in [3.63, 3.8) is 0 Å². The van der Waals surface area contributed by atoms with Gasteiger partial charge in [0.1, 0.15) is 36.1 Å². The summed E-state index contributed by atoms with van der Waals surface area (Å²) < 4.78 is 46.7. The minimum atomic E-state index is -4.68. The maximum Gasteiger partial charge on any atom is 0.471 e. The van der Waals surface area contributed by atoms with E-state index >= 15 is 0 Å². The second-order valence-electron chi connectivity index (χ2n) is 10.8. The lowest BCUT2D eigenvalue weighted by Gasteiger charge is -2.54. The summed E-state index contributed by atoms with van der Waals surface area (Å²) in [5.41, 5.74) is -0.447. The summed E-state index contributed by atoms with van der Waals surface area (Å²) in [7, 11) is -4.68. The highest BCUT2D eigenvalue weighted by molar-refractivity contribution is 7.46. The van der Waals surface area contributed by atoms with Crippen LogP contribution in [-0.4, -0.2) is 70.4 Å². The number of cyclic esters (lactones) is 1. The molecule has 5 fully saturated rings. The van der Waals surface area contributed by atoms with E-state index in [1.165, 1.54) is 0 Å². The Morgan fingerprint density at radius 3 is 2.72 bits per heavy atom. The molecule has 4 heterocycles. The average Bonchev–Trinajstić information content (AvgIpc) is 3.59. The molecule has 0 aromatic heterocycles. The Labute approximate surface area is 184 Å². The maximum atomic E-state index is 12.2. The van der Waals surface area contributed by atoms with Gasteiger partial charge < -0.3 is 33.5 Å². The molecule has 10 nitrogen and oxygen atoms in total. The van der Waals surface area contributed by atoms with Crippen molar-refractivity contribution in [2.24, 2.45) is 17.3 Å². The van der Waals surface area contributed by atoms with Crippen LogP contribution in [0.2, 0.25) is 0 Å². The quantitative estimate of drug-likeness (QED) is 0.261. The monoisotopic (exact) mass is 470 g/mol. The summed E-state index contributed by atoms with van der Waals surface area (Å²) in [6.45, 7) is 6.10. The minimum Gasteiger partial charge on any atom is -0.458 e. The van der Waals surface area contributed by atoms with Crippen molar-refractivity contribution < 1.29 is 47.4 Å². The first-order valence-corrected chi connectivity index (χ1v) is 12.8. The number of ether oxygens (including phenoxy) is 5. The van der Waals surface area contributed by atoms with Crippen molar-refractivity contribution in [1.82, 2.24) is 0 Å². The molecular formula is C21H27O10P. The number of hydrogen-bond acceptors (Lipinski definition) is 8. The molecule has 32 heavy (non-hydrogen) atoms. The summed E-state index contributed by atoms with van der Waals surface area (Å²) in [5, 5.41) is 0. The van der Waals surface area contributed by atoms with Crippen LogP contribution in [0.4, 0.5) is 0 Å². The van der Waals surface area contributed by atoms with Gasteiger partial charge in [-0.25, -0.2) is 9.36 Å². The number of esters is 1. The zero-order valence-corrected chi connectivity index (χ0v) is 19.0. The largest absolute Gasteiger partial charge is 0.471 e. The predicted molar refractivity (Wildman–Crippen MR) is 104 cm³/mol. The molecule has 176 valence electrons. The van der Waals surface area contributed by atoms with Gasteiger partial charge in [-0.15, -0.1) is 0 Å². The van der Waals surface area contributed by atoms with Gasteiger partial charge in [-0.2, -0.15) is 0 Å². The summed E-state index contributed by atoms with van der Waals surface area (Å²) in [5.74, 6) is -0.00758. The average molecular weight is 470 g/mol. The van der Waals surface area contributed by atoms with Crippen LogP contribution < -0.4 is 0 Å². The third-order valence-electron chi connectivity index (χ3n) is 9.52. The minimum absolute atomic E-state index is 0.0843. The molecule has 2 N–H and O–H groups in total. The Kier molecular flexibility index (Phi) is 3.65. The second-order valence-corrected chi connectivity index (χ2v) is 12.0. The molecule has 0 aromatic carbocycles. The van der Waals surface area contributed by atoms with Gasteiger partial charge in [-0.3, -0.25) is 4.52 Å². The number of rotatable bonds is 5. The molecule has 7 rings (SSSR count). The van der Waals surface area contributed by atoms with Gasteiger partial charge in [-0.05, 0) is 36.7 Å². The van der Waals surface area contributed by atoms with Crippen molar-refractivity contribution in [3.8, 4) is 0 Å². The van der Waals surface area contributed by atoms with E-state index in [2.05, 4.69) is 25.3 Å². The molecule has 0 radical (unpaired) electrons. The standard InChI is InChI=1S/C21H27O10P/c1-9(2)19-14(30-19)15-21(31-15)18(3)5-4-10-11(7-26-16(10)22)12(18)6-13-20(21,29-13)17(19)27-8-28-32(23,24)25/h9,12-15,17H,4-8H2,1-3H3,(H2,23,24,25)/t12-,13-,14-,15-,17+,18-,19-,20+,21+/m0/s1. The number of carbonyl (C=O) groups excluding carboxylic acids is 1. The lowest BCUT2D eigenvalue weighted by molar-refractivity contribution is -0.155. The van der Waals surface area contributed by atoms with E-state index in [4.69, 9.17) is 33.5 Å². The molecule has 9 atom stereocenters. The summed E-state index contributed by atoms with van der Waals surface area (Å²) in [6, 6.07) is 0. The highest BCUT2D eigenvalue weighted by Crippen LogP contribution is 2.83. The van der Waals surface area contributed by atoms with E-state index in [1.807, 2.05) is 0 Å². The number of phosphoric ester groups is 1.